The molecule has 4 aromatic rings. The fraction of sp³-hybridized carbons (Fsp3) is 0.405. The first-order valence-electron chi connectivity index (χ1n) is 19.5. The van der Waals surface area contributed by atoms with Crippen molar-refractivity contribution >= 4 is 34.6 Å². The molecule has 2 N–H and O–H groups in total. The van der Waals surface area contributed by atoms with Gasteiger partial charge in [0.25, 0.3) is 0 Å². The van der Waals surface area contributed by atoms with Crippen LogP contribution in [0.1, 0.15) is 49.3 Å². The predicted molar refractivity (Wildman–Crippen MR) is 212 cm³/mol. The van der Waals surface area contributed by atoms with Crippen molar-refractivity contribution in [2.24, 2.45) is 0 Å². The molecule has 12 nitrogen and oxygen atoms in total. The zero-order chi connectivity index (χ0) is 39.5. The molecule has 3 aliphatic heterocycles. The molecule has 1 aromatic heterocycles. The number of methoxy groups -OCH3 is 1. The van der Waals surface area contributed by atoms with E-state index in [1.54, 1.807) is 36.4 Å². The van der Waals surface area contributed by atoms with Gasteiger partial charge in [-0.05, 0) is 73.7 Å². The van der Waals surface area contributed by atoms with E-state index in [4.69, 9.17) is 14.3 Å². The van der Waals surface area contributed by atoms with Crippen molar-refractivity contribution in [2.75, 3.05) is 73.6 Å². The van der Waals surface area contributed by atoms with Gasteiger partial charge in [0.2, 0.25) is 5.91 Å². The Morgan fingerprint density at radius 2 is 1.56 bits per heavy atom. The number of hydrogen-bond acceptors (Lipinski definition) is 11. The molecule has 1 atom stereocenters. The molecule has 1 saturated carbocycles. The van der Waals surface area contributed by atoms with E-state index in [0.29, 0.717) is 53.6 Å². The monoisotopic (exact) mass is 784 g/mol. The van der Waals surface area contributed by atoms with Gasteiger partial charge in [-0.25, -0.2) is 15.0 Å². The second-order valence-electron chi connectivity index (χ2n) is 14.8. The van der Waals surface area contributed by atoms with Gasteiger partial charge in [-0.2, -0.15) is 13.2 Å². The number of halogens is 3. The van der Waals surface area contributed by atoms with E-state index in [1.807, 2.05) is 18.2 Å². The number of carbonyl (C=O) groups excluding carboxylic acids is 1. The third kappa shape index (κ3) is 8.95. The summed E-state index contributed by atoms with van der Waals surface area (Å²) in [6, 6.07) is 18.6. The minimum atomic E-state index is -4.48. The molecular formula is C42H47F3N8O4. The Bertz CT molecular complexity index is 2070. The number of rotatable bonds is 12. The number of hydrogen-bond donors (Lipinski definition) is 2. The molecule has 3 aromatic carbocycles. The summed E-state index contributed by atoms with van der Waals surface area (Å²) < 4.78 is 51.6. The van der Waals surface area contributed by atoms with E-state index in [2.05, 4.69) is 41.9 Å². The summed E-state index contributed by atoms with van der Waals surface area (Å²) in [6.45, 7) is 10.4. The normalized spacial score (nSPS) is 19.7. The Balaban J connectivity index is 0.973. The van der Waals surface area contributed by atoms with Gasteiger partial charge in [0, 0.05) is 69.9 Å². The maximum Gasteiger partial charge on any atom is 0.416 e. The minimum absolute atomic E-state index is 0.0845. The average molecular weight is 785 g/mol. The highest BCUT2D eigenvalue weighted by Gasteiger charge is 2.35. The average Bonchev–Trinajstić information content (AvgIpc) is 3.96. The summed E-state index contributed by atoms with van der Waals surface area (Å²) in [6.07, 6.45) is 3.62. The molecule has 8 rings (SSSR count). The number of piperidine rings is 1. The zero-order valence-corrected chi connectivity index (χ0v) is 31.9. The lowest BCUT2D eigenvalue weighted by atomic mass is 10.0. The van der Waals surface area contributed by atoms with Crippen LogP contribution < -0.4 is 30.1 Å². The van der Waals surface area contributed by atoms with Gasteiger partial charge in [-0.3, -0.25) is 19.4 Å². The van der Waals surface area contributed by atoms with Crippen molar-refractivity contribution in [2.45, 2.75) is 56.4 Å². The van der Waals surface area contributed by atoms with Gasteiger partial charge in [0.05, 0.1) is 42.4 Å². The maximum absolute atomic E-state index is 13.3. The van der Waals surface area contributed by atoms with Gasteiger partial charge >= 0.3 is 6.18 Å². The Hall–Kier alpha value is -5.38. The summed E-state index contributed by atoms with van der Waals surface area (Å²) in [7, 11) is 1.61. The van der Waals surface area contributed by atoms with Crippen LogP contribution in [0, 0.1) is 0 Å². The van der Waals surface area contributed by atoms with Crippen molar-refractivity contribution < 1.29 is 32.3 Å². The Morgan fingerprint density at radius 3 is 2.25 bits per heavy atom. The largest absolute Gasteiger partial charge is 0.494 e. The van der Waals surface area contributed by atoms with Gasteiger partial charge in [-0.15, -0.1) is 0 Å². The highest BCUT2D eigenvalue weighted by molar-refractivity contribution is 6.02. The number of piperazine rings is 1. The molecule has 1 unspecified atom stereocenters. The maximum atomic E-state index is 13.3. The third-order valence-corrected chi connectivity index (χ3v) is 11.2. The molecule has 1 amide bonds. The van der Waals surface area contributed by atoms with E-state index in [0.717, 1.165) is 81.5 Å². The van der Waals surface area contributed by atoms with Crippen LogP contribution in [-0.4, -0.2) is 90.7 Å². The molecule has 0 radical (unpaired) electrons. The fourth-order valence-corrected chi connectivity index (χ4v) is 8.09. The van der Waals surface area contributed by atoms with Crippen molar-refractivity contribution in [3.05, 3.63) is 96.8 Å². The summed E-state index contributed by atoms with van der Waals surface area (Å²) in [4.78, 5) is 35.3. The van der Waals surface area contributed by atoms with Crippen LogP contribution >= 0.6 is 0 Å². The van der Waals surface area contributed by atoms with E-state index in [-0.39, 0.29) is 17.7 Å². The zero-order valence-electron chi connectivity index (χ0n) is 31.9. The number of nitrogens with zero attached hydrogens (tertiary/aromatic N) is 6. The smallest absolute Gasteiger partial charge is 0.416 e. The van der Waals surface area contributed by atoms with E-state index >= 15 is 0 Å². The molecule has 4 aliphatic rings. The molecule has 1 aliphatic carbocycles. The van der Waals surface area contributed by atoms with Crippen LogP contribution in [0.15, 0.2) is 85.7 Å². The van der Waals surface area contributed by atoms with Crippen molar-refractivity contribution in [1.82, 2.24) is 19.8 Å². The molecule has 300 valence electrons. The van der Waals surface area contributed by atoms with Crippen LogP contribution in [0.3, 0.4) is 0 Å². The Kier molecular flexibility index (Phi) is 11.2. The molecule has 15 heteroatoms. The summed E-state index contributed by atoms with van der Waals surface area (Å²) >= 11 is 0. The lowest BCUT2D eigenvalue weighted by Gasteiger charge is -2.43. The van der Waals surface area contributed by atoms with Gasteiger partial charge in [0.1, 0.15) is 29.4 Å². The van der Waals surface area contributed by atoms with Gasteiger partial charge < -0.3 is 25.0 Å². The number of anilines is 5. The number of hydroxylamine groups is 1. The number of alkyl halides is 3. The lowest BCUT2D eigenvalue weighted by molar-refractivity contribution is -0.137. The van der Waals surface area contributed by atoms with Gasteiger partial charge in [-0.1, -0.05) is 24.8 Å². The van der Waals surface area contributed by atoms with E-state index < -0.39 is 11.7 Å². The topological polar surface area (TPSA) is 108 Å². The van der Waals surface area contributed by atoms with Crippen LogP contribution in [0.4, 0.5) is 41.9 Å². The van der Waals surface area contributed by atoms with Crippen LogP contribution in [0.25, 0.3) is 0 Å². The molecular weight excluding hydrogens is 738 g/mol. The van der Waals surface area contributed by atoms with Crippen LogP contribution in [0.2, 0.25) is 0 Å². The Labute approximate surface area is 330 Å². The number of amides is 1. The summed E-state index contributed by atoms with van der Waals surface area (Å²) in [5.74, 6) is 1.69. The van der Waals surface area contributed by atoms with Crippen molar-refractivity contribution in [1.29, 1.82) is 0 Å². The molecule has 4 heterocycles. The van der Waals surface area contributed by atoms with E-state index in [1.165, 1.54) is 37.4 Å². The quantitative estimate of drug-likeness (QED) is 0.138. The third-order valence-electron chi connectivity index (χ3n) is 11.2. The summed E-state index contributed by atoms with van der Waals surface area (Å²) in [5, 5.41) is 8.06. The predicted octanol–water partition coefficient (Wildman–Crippen LogP) is 7.80. The highest BCUT2D eigenvalue weighted by atomic mass is 19.4. The first-order valence-corrected chi connectivity index (χ1v) is 19.5. The number of aromatic nitrogens is 2. The molecule has 4 fully saturated rings. The fourth-order valence-electron chi connectivity index (χ4n) is 8.09. The van der Waals surface area contributed by atoms with E-state index in [9.17, 15) is 18.0 Å². The molecule has 3 saturated heterocycles. The van der Waals surface area contributed by atoms with Gasteiger partial charge in [0.15, 0.2) is 5.82 Å². The lowest BCUT2D eigenvalue weighted by Crippen LogP contribution is -2.53. The minimum Gasteiger partial charge on any atom is -0.494 e. The molecule has 0 bridgehead atoms. The number of nitrogens with one attached hydrogen (secondary N) is 2. The highest BCUT2D eigenvalue weighted by Crippen LogP contribution is 2.41. The number of benzene rings is 3. The van der Waals surface area contributed by atoms with Crippen molar-refractivity contribution in [3.63, 3.8) is 0 Å². The van der Waals surface area contributed by atoms with Crippen LogP contribution in [0.5, 0.6) is 17.2 Å². The van der Waals surface area contributed by atoms with Crippen molar-refractivity contribution in [3.8, 4) is 17.2 Å². The second kappa shape index (κ2) is 16.6. The molecule has 57 heavy (non-hydrogen) atoms. The Morgan fingerprint density at radius 1 is 0.860 bits per heavy atom. The summed E-state index contributed by atoms with van der Waals surface area (Å²) in [5.41, 5.74) is 2.15. The first kappa shape index (κ1) is 38.5. The number of ether oxygens (including phenoxy) is 2. The number of carbonyl (C=O) groups is 1. The molecule has 0 spiro atoms. The standard InChI is InChI=1S/C42H47F3N8O4/c1-3-41(54)49-34-24-35(38(55-2)25-37(34)52-15-12-31(13-16-52)51-19-17-50(18-20-51)30-10-11-30)48-39-26-40(47-27-46-39)53-36(14-21-56-53)28-6-4-8-32(22-28)57-33-9-5-7-29(23-33)42(43,44)45/h3-9,22-27,30-31,36H,1,10-21H2,2H3,(H,49,54)(H,46,47,48). The first-order chi connectivity index (χ1) is 27.6. The SMILES string of the molecule is C=CC(=O)Nc1cc(Nc2cc(N3OCCC3c3cccc(Oc4cccc(C(F)(F)F)c4)c3)ncn2)c(OC)cc1N1CCC(N2CCN(C3CC3)CC2)CC1. The van der Waals surface area contributed by atoms with Crippen LogP contribution in [-0.2, 0) is 15.8 Å². The second-order valence-corrected chi connectivity index (χ2v) is 14.8.